The second-order valence-corrected chi connectivity index (χ2v) is 6.14. The summed E-state index contributed by atoms with van der Waals surface area (Å²) in [6, 6.07) is 0. The highest BCUT2D eigenvalue weighted by Gasteiger charge is 2.55. The SMILES string of the molecule is COCC(C)OC1CC(Br)C12CCCC2. The molecule has 2 rings (SSSR count). The molecule has 15 heavy (non-hydrogen) atoms. The third-order valence-electron chi connectivity index (χ3n) is 4.02. The van der Waals surface area contributed by atoms with Gasteiger partial charge in [0.15, 0.2) is 0 Å². The van der Waals surface area contributed by atoms with Crippen molar-refractivity contribution in [1.29, 1.82) is 0 Å². The van der Waals surface area contributed by atoms with Crippen molar-refractivity contribution in [3.63, 3.8) is 0 Å². The van der Waals surface area contributed by atoms with Gasteiger partial charge in [0.1, 0.15) is 0 Å². The van der Waals surface area contributed by atoms with Gasteiger partial charge in [-0.05, 0) is 26.2 Å². The molecule has 0 N–H and O–H groups in total. The molecule has 0 amide bonds. The van der Waals surface area contributed by atoms with Gasteiger partial charge in [0, 0.05) is 17.4 Å². The molecule has 0 heterocycles. The van der Waals surface area contributed by atoms with Crippen LogP contribution in [0.5, 0.6) is 0 Å². The Bertz CT molecular complexity index is 214. The monoisotopic (exact) mass is 276 g/mol. The fraction of sp³-hybridized carbons (Fsp3) is 1.00. The van der Waals surface area contributed by atoms with Gasteiger partial charge in [0.05, 0.1) is 18.8 Å². The van der Waals surface area contributed by atoms with Gasteiger partial charge >= 0.3 is 0 Å². The Kier molecular flexibility index (Phi) is 3.74. The maximum absolute atomic E-state index is 6.08. The van der Waals surface area contributed by atoms with Gasteiger partial charge in [-0.3, -0.25) is 0 Å². The summed E-state index contributed by atoms with van der Waals surface area (Å²) in [5.41, 5.74) is 0.460. The molecule has 2 saturated carbocycles. The lowest BCUT2D eigenvalue weighted by molar-refractivity contribution is -0.141. The largest absolute Gasteiger partial charge is 0.382 e. The normalized spacial score (nSPS) is 35.4. The Morgan fingerprint density at radius 1 is 1.40 bits per heavy atom. The number of hydrogen-bond donors (Lipinski definition) is 0. The van der Waals surface area contributed by atoms with Crippen LogP contribution in [0.3, 0.4) is 0 Å². The zero-order chi connectivity index (χ0) is 10.9. The molecule has 0 bridgehead atoms. The zero-order valence-electron chi connectivity index (χ0n) is 9.67. The number of methoxy groups -OCH3 is 1. The van der Waals surface area contributed by atoms with E-state index in [2.05, 4.69) is 22.9 Å². The van der Waals surface area contributed by atoms with Crippen LogP contribution in [-0.4, -0.2) is 30.8 Å². The summed E-state index contributed by atoms with van der Waals surface area (Å²) in [5, 5.41) is 0. The van der Waals surface area contributed by atoms with E-state index in [9.17, 15) is 0 Å². The van der Waals surface area contributed by atoms with E-state index in [0.29, 0.717) is 23.0 Å². The van der Waals surface area contributed by atoms with Gasteiger partial charge in [-0.2, -0.15) is 0 Å². The molecule has 1 spiro atoms. The summed E-state index contributed by atoms with van der Waals surface area (Å²) in [6.45, 7) is 2.81. The standard InChI is InChI=1S/C12H21BrO2/c1-9(8-14-2)15-11-7-10(13)12(11)5-3-4-6-12/h9-11H,3-8H2,1-2H3. The van der Waals surface area contributed by atoms with Crippen LogP contribution in [0.4, 0.5) is 0 Å². The van der Waals surface area contributed by atoms with E-state index in [0.717, 1.165) is 0 Å². The molecule has 2 fully saturated rings. The summed E-state index contributed by atoms with van der Waals surface area (Å²) in [4.78, 5) is 0.687. The highest BCUT2D eigenvalue weighted by Crippen LogP contribution is 2.58. The average molecular weight is 277 g/mol. The number of ether oxygens (including phenoxy) is 2. The van der Waals surface area contributed by atoms with Crippen LogP contribution in [0.15, 0.2) is 0 Å². The first kappa shape index (κ1) is 11.9. The maximum atomic E-state index is 6.08. The summed E-state index contributed by atoms with van der Waals surface area (Å²) in [5.74, 6) is 0. The van der Waals surface area contributed by atoms with Crippen LogP contribution < -0.4 is 0 Å². The van der Waals surface area contributed by atoms with Crippen LogP contribution >= 0.6 is 15.9 Å². The molecular formula is C12H21BrO2. The molecule has 0 aliphatic heterocycles. The van der Waals surface area contributed by atoms with Crippen molar-refractivity contribution < 1.29 is 9.47 Å². The predicted molar refractivity (Wildman–Crippen MR) is 64.4 cm³/mol. The third-order valence-corrected chi connectivity index (χ3v) is 5.30. The van der Waals surface area contributed by atoms with Crippen LogP contribution in [0.2, 0.25) is 0 Å². The first-order valence-electron chi connectivity index (χ1n) is 5.97. The number of hydrogen-bond acceptors (Lipinski definition) is 2. The van der Waals surface area contributed by atoms with E-state index in [4.69, 9.17) is 9.47 Å². The van der Waals surface area contributed by atoms with E-state index in [1.807, 2.05) is 0 Å². The summed E-state index contributed by atoms with van der Waals surface area (Å²) in [6.07, 6.45) is 7.31. The number of rotatable bonds is 4. The summed E-state index contributed by atoms with van der Waals surface area (Å²) >= 11 is 3.80. The number of alkyl halides is 1. The van der Waals surface area contributed by atoms with Crippen molar-refractivity contribution in [1.82, 2.24) is 0 Å². The average Bonchev–Trinajstić information content (AvgIpc) is 2.69. The van der Waals surface area contributed by atoms with E-state index in [-0.39, 0.29) is 6.10 Å². The summed E-state index contributed by atoms with van der Waals surface area (Å²) < 4.78 is 11.2. The van der Waals surface area contributed by atoms with Gasteiger partial charge in [-0.1, -0.05) is 28.8 Å². The molecule has 88 valence electrons. The van der Waals surface area contributed by atoms with E-state index in [1.165, 1.54) is 32.1 Å². The van der Waals surface area contributed by atoms with E-state index < -0.39 is 0 Å². The van der Waals surface area contributed by atoms with Crippen molar-refractivity contribution in [3.8, 4) is 0 Å². The maximum Gasteiger partial charge on any atom is 0.0784 e. The second kappa shape index (κ2) is 4.72. The lowest BCUT2D eigenvalue weighted by atomic mass is 9.64. The molecule has 2 aliphatic carbocycles. The van der Waals surface area contributed by atoms with Crippen LogP contribution in [0.25, 0.3) is 0 Å². The fourth-order valence-electron chi connectivity index (χ4n) is 3.11. The predicted octanol–water partition coefficient (Wildman–Crippen LogP) is 3.13. The van der Waals surface area contributed by atoms with Crippen molar-refractivity contribution in [2.45, 2.75) is 56.1 Å². The van der Waals surface area contributed by atoms with E-state index in [1.54, 1.807) is 7.11 Å². The topological polar surface area (TPSA) is 18.5 Å². The quantitative estimate of drug-likeness (QED) is 0.735. The Morgan fingerprint density at radius 3 is 2.60 bits per heavy atom. The summed E-state index contributed by atoms with van der Waals surface area (Å²) in [7, 11) is 1.74. The van der Waals surface area contributed by atoms with Crippen molar-refractivity contribution >= 4 is 15.9 Å². The van der Waals surface area contributed by atoms with E-state index >= 15 is 0 Å². The van der Waals surface area contributed by atoms with Gasteiger partial charge in [-0.25, -0.2) is 0 Å². The van der Waals surface area contributed by atoms with Crippen molar-refractivity contribution in [3.05, 3.63) is 0 Å². The van der Waals surface area contributed by atoms with Crippen LogP contribution in [0.1, 0.15) is 39.0 Å². The lowest BCUT2D eigenvalue weighted by Gasteiger charge is -2.52. The highest BCUT2D eigenvalue weighted by molar-refractivity contribution is 9.09. The Morgan fingerprint density at radius 2 is 2.07 bits per heavy atom. The fourth-order valence-corrected chi connectivity index (χ4v) is 4.20. The molecule has 0 radical (unpaired) electrons. The van der Waals surface area contributed by atoms with Crippen molar-refractivity contribution in [2.75, 3.05) is 13.7 Å². The minimum atomic E-state index is 0.234. The first-order valence-corrected chi connectivity index (χ1v) is 6.89. The van der Waals surface area contributed by atoms with Gasteiger partial charge < -0.3 is 9.47 Å². The smallest absolute Gasteiger partial charge is 0.0784 e. The van der Waals surface area contributed by atoms with Gasteiger partial charge in [0.2, 0.25) is 0 Å². The Labute approximate surface area is 101 Å². The lowest BCUT2D eigenvalue weighted by Crippen LogP contribution is -2.55. The minimum absolute atomic E-state index is 0.234. The molecule has 3 unspecified atom stereocenters. The molecule has 2 nitrogen and oxygen atoms in total. The van der Waals surface area contributed by atoms with Crippen LogP contribution in [-0.2, 0) is 9.47 Å². The highest BCUT2D eigenvalue weighted by atomic mass is 79.9. The van der Waals surface area contributed by atoms with Crippen molar-refractivity contribution in [2.24, 2.45) is 5.41 Å². The molecule has 0 aromatic rings. The zero-order valence-corrected chi connectivity index (χ0v) is 11.3. The van der Waals surface area contributed by atoms with Gasteiger partial charge in [0.25, 0.3) is 0 Å². The molecule has 0 saturated heterocycles. The molecule has 2 aliphatic rings. The third kappa shape index (κ3) is 2.11. The van der Waals surface area contributed by atoms with Crippen LogP contribution in [0, 0.1) is 5.41 Å². The molecule has 3 heteroatoms. The Hall–Kier alpha value is 0.400. The molecule has 0 aromatic carbocycles. The number of halogens is 1. The molecule has 0 aromatic heterocycles. The minimum Gasteiger partial charge on any atom is -0.382 e. The first-order chi connectivity index (χ1) is 7.19. The Balaban J connectivity index is 1.88. The van der Waals surface area contributed by atoms with Gasteiger partial charge in [-0.15, -0.1) is 0 Å². The molecule has 3 atom stereocenters. The molecular weight excluding hydrogens is 256 g/mol. The second-order valence-electron chi connectivity index (χ2n) is 5.03.